The predicted octanol–water partition coefficient (Wildman–Crippen LogP) is 6.95. The van der Waals surface area contributed by atoms with Gasteiger partial charge in [-0.15, -0.1) is 0 Å². The van der Waals surface area contributed by atoms with Gasteiger partial charge < -0.3 is 0 Å². The third-order valence-electron chi connectivity index (χ3n) is 5.53. The molecule has 0 unspecified atom stereocenters. The summed E-state index contributed by atoms with van der Waals surface area (Å²) in [5, 5.41) is 0. The zero-order chi connectivity index (χ0) is 19.6. The van der Waals surface area contributed by atoms with E-state index in [9.17, 15) is 9.59 Å². The molecule has 0 saturated carbocycles. The lowest BCUT2D eigenvalue weighted by atomic mass is 10.1. The largest absolute Gasteiger partial charge is 0.283 e. The van der Waals surface area contributed by atoms with E-state index in [1.54, 1.807) is 0 Å². The summed E-state index contributed by atoms with van der Waals surface area (Å²) in [6, 6.07) is 0. The highest BCUT2D eigenvalue weighted by Crippen LogP contribution is 2.14. The summed E-state index contributed by atoms with van der Waals surface area (Å²) in [5.74, 6) is 0.102. The van der Waals surface area contributed by atoms with Crippen molar-refractivity contribution in [3.63, 3.8) is 0 Å². The molecule has 1 aliphatic rings. The normalized spacial score (nSPS) is 15.4. The highest BCUT2D eigenvalue weighted by atomic mass is 16.2. The van der Waals surface area contributed by atoms with E-state index >= 15 is 0 Å². The summed E-state index contributed by atoms with van der Waals surface area (Å²) < 4.78 is 0. The first kappa shape index (κ1) is 23.9. The van der Waals surface area contributed by atoms with Crippen LogP contribution in [0.3, 0.4) is 0 Å². The monoisotopic (exact) mass is 377 g/mol. The highest BCUT2D eigenvalue weighted by Gasteiger charge is 2.22. The van der Waals surface area contributed by atoms with Gasteiger partial charge in [0, 0.05) is 19.4 Å². The molecule has 1 fully saturated rings. The van der Waals surface area contributed by atoms with Crippen molar-refractivity contribution < 1.29 is 9.59 Å². The molecule has 0 radical (unpaired) electrons. The van der Waals surface area contributed by atoms with Gasteiger partial charge in [0.25, 0.3) is 0 Å². The molecule has 0 aliphatic carbocycles. The molecule has 0 bridgehead atoms. The van der Waals surface area contributed by atoms with Crippen LogP contribution in [0.5, 0.6) is 0 Å². The standard InChI is InChI=1S/C24H43NO2/c1-2-3-4-5-6-7-8-9-10-11-12-13-14-15-17-20-23(26)25-22-19-16-18-21-24(25)27/h9-10H,2-8,11-22H2,1H3. The summed E-state index contributed by atoms with van der Waals surface area (Å²) in [7, 11) is 0. The molecule has 3 heteroatoms. The highest BCUT2D eigenvalue weighted by molar-refractivity contribution is 5.95. The molecule has 0 aromatic carbocycles. The number of amides is 2. The van der Waals surface area contributed by atoms with Crippen LogP contribution in [0.15, 0.2) is 12.2 Å². The Morgan fingerprint density at radius 2 is 1.41 bits per heavy atom. The van der Waals surface area contributed by atoms with Crippen LogP contribution in [-0.4, -0.2) is 23.3 Å². The lowest BCUT2D eigenvalue weighted by molar-refractivity contribution is -0.144. The first-order chi connectivity index (χ1) is 13.3. The second-order valence-corrected chi connectivity index (χ2v) is 8.08. The molecule has 1 aliphatic heterocycles. The molecule has 0 atom stereocenters. The molecule has 1 rings (SSSR count). The van der Waals surface area contributed by atoms with Gasteiger partial charge in [-0.2, -0.15) is 0 Å². The Kier molecular flexibility index (Phi) is 15.1. The molecule has 3 nitrogen and oxygen atoms in total. The molecule has 1 saturated heterocycles. The number of hydrogen-bond acceptors (Lipinski definition) is 2. The Bertz CT molecular complexity index is 417. The third-order valence-corrected chi connectivity index (χ3v) is 5.53. The molecule has 0 spiro atoms. The molecule has 2 amide bonds. The summed E-state index contributed by atoms with van der Waals surface area (Å²) >= 11 is 0. The van der Waals surface area contributed by atoms with Gasteiger partial charge in [-0.05, 0) is 44.9 Å². The smallest absolute Gasteiger partial charge is 0.229 e. The van der Waals surface area contributed by atoms with Crippen molar-refractivity contribution in [2.75, 3.05) is 6.54 Å². The molecule has 0 N–H and O–H groups in total. The van der Waals surface area contributed by atoms with Crippen molar-refractivity contribution in [3.8, 4) is 0 Å². The van der Waals surface area contributed by atoms with Gasteiger partial charge in [0.1, 0.15) is 0 Å². The summed E-state index contributed by atoms with van der Waals surface area (Å²) in [6.07, 6.45) is 25.2. The van der Waals surface area contributed by atoms with Gasteiger partial charge >= 0.3 is 0 Å². The Hall–Kier alpha value is -1.12. The zero-order valence-electron chi connectivity index (χ0n) is 17.9. The Morgan fingerprint density at radius 3 is 2.07 bits per heavy atom. The van der Waals surface area contributed by atoms with Gasteiger partial charge in [0.2, 0.25) is 11.8 Å². The van der Waals surface area contributed by atoms with Crippen molar-refractivity contribution in [1.29, 1.82) is 0 Å². The topological polar surface area (TPSA) is 37.4 Å². The van der Waals surface area contributed by atoms with E-state index in [0.29, 0.717) is 19.4 Å². The molecule has 27 heavy (non-hydrogen) atoms. The maximum absolute atomic E-state index is 12.2. The van der Waals surface area contributed by atoms with Crippen LogP contribution in [0.1, 0.15) is 122 Å². The lowest BCUT2D eigenvalue weighted by Gasteiger charge is -2.18. The van der Waals surface area contributed by atoms with Crippen LogP contribution >= 0.6 is 0 Å². The number of hydrogen-bond donors (Lipinski definition) is 0. The number of likely N-dealkylation sites (tertiary alicyclic amines) is 1. The Balaban J connectivity index is 1.89. The molecule has 1 heterocycles. The molecule has 0 aromatic heterocycles. The van der Waals surface area contributed by atoms with Crippen LogP contribution in [-0.2, 0) is 9.59 Å². The lowest BCUT2D eigenvalue weighted by Crippen LogP contribution is -2.36. The first-order valence-electron chi connectivity index (χ1n) is 11.7. The number of carbonyl (C=O) groups is 2. The third kappa shape index (κ3) is 12.8. The maximum Gasteiger partial charge on any atom is 0.229 e. The van der Waals surface area contributed by atoms with Crippen LogP contribution in [0.4, 0.5) is 0 Å². The van der Waals surface area contributed by atoms with Crippen LogP contribution in [0.2, 0.25) is 0 Å². The maximum atomic E-state index is 12.2. The number of unbranched alkanes of at least 4 members (excludes halogenated alkanes) is 11. The molecular weight excluding hydrogens is 334 g/mol. The fourth-order valence-electron chi connectivity index (χ4n) is 3.73. The van der Waals surface area contributed by atoms with E-state index in [-0.39, 0.29) is 11.8 Å². The minimum atomic E-state index is 0.0465. The minimum absolute atomic E-state index is 0.0465. The van der Waals surface area contributed by atoms with Crippen LogP contribution in [0, 0.1) is 0 Å². The van der Waals surface area contributed by atoms with E-state index in [1.165, 1.54) is 75.5 Å². The number of imide groups is 1. The van der Waals surface area contributed by atoms with Crippen molar-refractivity contribution in [1.82, 2.24) is 4.90 Å². The fraction of sp³-hybridized carbons (Fsp3) is 0.833. The molecule has 156 valence electrons. The van der Waals surface area contributed by atoms with Gasteiger partial charge in [-0.3, -0.25) is 14.5 Å². The van der Waals surface area contributed by atoms with E-state index in [1.807, 2.05) is 0 Å². The van der Waals surface area contributed by atoms with Crippen molar-refractivity contribution in [2.24, 2.45) is 0 Å². The minimum Gasteiger partial charge on any atom is -0.283 e. The SMILES string of the molecule is CCCCCCCCC=CCCCCCCCC(=O)N1CCCCCC1=O. The second kappa shape index (κ2) is 17.0. The number of rotatable bonds is 15. The summed E-state index contributed by atoms with van der Waals surface area (Å²) in [6.45, 7) is 2.91. The second-order valence-electron chi connectivity index (χ2n) is 8.08. The average Bonchev–Trinajstić information content (AvgIpc) is 2.89. The zero-order valence-corrected chi connectivity index (χ0v) is 17.9. The van der Waals surface area contributed by atoms with Gasteiger partial charge in [-0.1, -0.05) is 76.9 Å². The number of allylic oxidation sites excluding steroid dienone is 2. The average molecular weight is 378 g/mol. The van der Waals surface area contributed by atoms with Gasteiger partial charge in [0.15, 0.2) is 0 Å². The predicted molar refractivity (Wildman–Crippen MR) is 115 cm³/mol. The number of carbonyl (C=O) groups excluding carboxylic acids is 2. The van der Waals surface area contributed by atoms with Crippen molar-refractivity contribution in [2.45, 2.75) is 122 Å². The van der Waals surface area contributed by atoms with Gasteiger partial charge in [0.05, 0.1) is 0 Å². The van der Waals surface area contributed by atoms with Gasteiger partial charge in [-0.25, -0.2) is 0 Å². The van der Waals surface area contributed by atoms with E-state index in [4.69, 9.17) is 0 Å². The van der Waals surface area contributed by atoms with Crippen LogP contribution in [0.25, 0.3) is 0 Å². The van der Waals surface area contributed by atoms with Crippen molar-refractivity contribution >= 4 is 11.8 Å². The Morgan fingerprint density at radius 1 is 0.815 bits per heavy atom. The molecule has 0 aromatic rings. The first-order valence-corrected chi connectivity index (χ1v) is 11.7. The van der Waals surface area contributed by atoms with E-state index in [2.05, 4.69) is 19.1 Å². The van der Waals surface area contributed by atoms with Crippen molar-refractivity contribution in [3.05, 3.63) is 12.2 Å². The summed E-state index contributed by atoms with van der Waals surface area (Å²) in [5.41, 5.74) is 0. The number of nitrogens with zero attached hydrogens (tertiary/aromatic N) is 1. The Labute approximate surface area is 168 Å². The summed E-state index contributed by atoms with van der Waals surface area (Å²) in [4.78, 5) is 25.6. The molecular formula is C24H43NO2. The van der Waals surface area contributed by atoms with E-state index in [0.717, 1.165) is 32.1 Å². The van der Waals surface area contributed by atoms with Crippen LogP contribution < -0.4 is 0 Å². The fourth-order valence-corrected chi connectivity index (χ4v) is 3.73. The quantitative estimate of drug-likeness (QED) is 0.229. The van der Waals surface area contributed by atoms with E-state index < -0.39 is 0 Å².